The molecule has 246 valence electrons. The van der Waals surface area contributed by atoms with Gasteiger partial charge in [-0.2, -0.15) is 18.3 Å². The molecule has 47 heavy (non-hydrogen) atoms. The number of carbonyl (C=O) groups is 2. The number of H-pyrrole nitrogens is 2. The Hall–Kier alpha value is -4.79. The summed E-state index contributed by atoms with van der Waals surface area (Å²) < 4.78 is 37.8. The van der Waals surface area contributed by atoms with E-state index in [1.54, 1.807) is 12.3 Å². The number of carbonyl (C=O) groups excluding carboxylic acids is 1. The third-order valence-corrected chi connectivity index (χ3v) is 8.26. The van der Waals surface area contributed by atoms with E-state index in [2.05, 4.69) is 54.6 Å². The monoisotopic (exact) mass is 649 g/mol. The molecule has 0 bridgehead atoms. The number of aromatic nitrogens is 4. The van der Waals surface area contributed by atoms with Gasteiger partial charge in [0.15, 0.2) is 0 Å². The van der Waals surface area contributed by atoms with Crippen molar-refractivity contribution in [2.75, 3.05) is 44.6 Å². The van der Waals surface area contributed by atoms with Crippen LogP contribution in [0.15, 0.2) is 67.0 Å². The first-order valence-electron chi connectivity index (χ1n) is 15.3. The summed E-state index contributed by atoms with van der Waals surface area (Å²) in [6.07, 6.45) is 1.39. The SMILES string of the molecule is O=C(Nc1cc(-c2cccc3[nH]ccc23)cc2[nH]ncc12)c1cccc(CN2CCOC(CN3CCCC3)C2)n1.O=C(O)C(F)(F)F. The standard InChI is InChI=1S/C31H33N7O2.C2HF3O2/c39-31(28-8-3-5-22(34-28)18-38-13-14-40-23(20-38)19-37-11-1-2-12-37)35-29-15-21(16-30-26(29)17-33-36-30)24-6-4-7-27-25(24)9-10-32-27;3-2(4,5)1(6)7/h3-10,15-17,23,32H,1-2,11-14,18-20H2,(H,33,36)(H,35,39);(H,6,7). The van der Waals surface area contributed by atoms with Gasteiger partial charge in [0.25, 0.3) is 5.91 Å². The molecule has 1 atom stereocenters. The molecule has 3 aromatic heterocycles. The molecule has 0 aliphatic carbocycles. The second kappa shape index (κ2) is 13.9. The second-order valence-corrected chi connectivity index (χ2v) is 11.6. The average molecular weight is 650 g/mol. The summed E-state index contributed by atoms with van der Waals surface area (Å²) in [7, 11) is 0. The van der Waals surface area contributed by atoms with Crippen molar-refractivity contribution in [2.24, 2.45) is 0 Å². The van der Waals surface area contributed by atoms with Gasteiger partial charge in [-0.1, -0.05) is 18.2 Å². The summed E-state index contributed by atoms with van der Waals surface area (Å²) in [5.74, 6) is -3.00. The van der Waals surface area contributed by atoms with E-state index in [-0.39, 0.29) is 12.0 Å². The Morgan fingerprint density at radius 2 is 1.79 bits per heavy atom. The van der Waals surface area contributed by atoms with Crippen LogP contribution in [-0.4, -0.2) is 98.6 Å². The van der Waals surface area contributed by atoms with Crippen LogP contribution in [-0.2, 0) is 16.1 Å². The number of aromatic amines is 2. The van der Waals surface area contributed by atoms with E-state index in [0.717, 1.165) is 64.9 Å². The van der Waals surface area contributed by atoms with E-state index >= 15 is 0 Å². The number of carboxylic acid groups (broad SMARTS) is 1. The van der Waals surface area contributed by atoms with Gasteiger partial charge in [-0.25, -0.2) is 9.78 Å². The van der Waals surface area contributed by atoms with E-state index in [4.69, 9.17) is 19.6 Å². The molecule has 2 fully saturated rings. The molecule has 2 aromatic carbocycles. The zero-order valence-electron chi connectivity index (χ0n) is 25.4. The summed E-state index contributed by atoms with van der Waals surface area (Å²) in [6.45, 7) is 6.52. The minimum atomic E-state index is -5.08. The molecule has 0 saturated carbocycles. The van der Waals surface area contributed by atoms with Crippen LogP contribution in [0.5, 0.6) is 0 Å². The maximum atomic E-state index is 13.4. The van der Waals surface area contributed by atoms with Crippen LogP contribution < -0.4 is 5.32 Å². The molecule has 5 aromatic rings. The highest BCUT2D eigenvalue weighted by Crippen LogP contribution is 2.34. The predicted molar refractivity (Wildman–Crippen MR) is 170 cm³/mol. The number of aliphatic carboxylic acids is 1. The van der Waals surface area contributed by atoms with Crippen LogP contribution in [0.25, 0.3) is 32.9 Å². The molecule has 0 spiro atoms. The highest BCUT2D eigenvalue weighted by molar-refractivity contribution is 6.09. The number of pyridine rings is 1. The van der Waals surface area contributed by atoms with Crippen LogP contribution in [0.4, 0.5) is 18.9 Å². The van der Waals surface area contributed by atoms with E-state index in [0.29, 0.717) is 17.9 Å². The maximum absolute atomic E-state index is 13.4. The van der Waals surface area contributed by atoms with Gasteiger partial charge in [0.2, 0.25) is 0 Å². The number of hydrogen-bond acceptors (Lipinski definition) is 7. The third kappa shape index (κ3) is 7.79. The van der Waals surface area contributed by atoms with Crippen molar-refractivity contribution in [3.63, 3.8) is 0 Å². The quantitative estimate of drug-likeness (QED) is 0.187. The highest BCUT2D eigenvalue weighted by Gasteiger charge is 2.38. The third-order valence-electron chi connectivity index (χ3n) is 8.26. The van der Waals surface area contributed by atoms with Crippen LogP contribution >= 0.6 is 0 Å². The molecule has 11 nitrogen and oxygen atoms in total. The number of carboxylic acids is 1. The van der Waals surface area contributed by atoms with Crippen molar-refractivity contribution >= 4 is 39.4 Å². The van der Waals surface area contributed by atoms with Gasteiger partial charge in [-0.3, -0.25) is 14.8 Å². The highest BCUT2D eigenvalue weighted by atomic mass is 19.4. The zero-order valence-corrected chi connectivity index (χ0v) is 25.4. The lowest BCUT2D eigenvalue weighted by molar-refractivity contribution is -0.192. The average Bonchev–Trinajstić information content (AvgIpc) is 3.84. The topological polar surface area (TPSA) is 139 Å². The fourth-order valence-corrected chi connectivity index (χ4v) is 6.04. The Labute approximate surface area is 267 Å². The van der Waals surface area contributed by atoms with E-state index < -0.39 is 12.1 Å². The number of likely N-dealkylation sites (tertiary alicyclic amines) is 1. The van der Waals surface area contributed by atoms with E-state index in [1.807, 2.05) is 30.5 Å². The molecule has 2 saturated heterocycles. The van der Waals surface area contributed by atoms with E-state index in [1.165, 1.54) is 25.9 Å². The Kier molecular flexibility index (Phi) is 9.52. The lowest BCUT2D eigenvalue weighted by Gasteiger charge is -2.34. The predicted octanol–water partition coefficient (Wildman–Crippen LogP) is 5.29. The van der Waals surface area contributed by atoms with Crippen molar-refractivity contribution < 1.29 is 32.6 Å². The molecule has 2 aliphatic rings. The Morgan fingerprint density at radius 1 is 1.00 bits per heavy atom. The maximum Gasteiger partial charge on any atom is 0.490 e. The number of ether oxygens (including phenoxy) is 1. The molecule has 0 radical (unpaired) electrons. The number of benzene rings is 2. The normalized spacial score (nSPS) is 17.5. The number of morpholine rings is 1. The summed E-state index contributed by atoms with van der Waals surface area (Å²) >= 11 is 0. The smallest absolute Gasteiger partial charge is 0.475 e. The summed E-state index contributed by atoms with van der Waals surface area (Å²) in [5, 5.41) is 19.5. The van der Waals surface area contributed by atoms with Gasteiger partial charge in [0.1, 0.15) is 5.69 Å². The number of fused-ring (bicyclic) bond motifs is 2. The van der Waals surface area contributed by atoms with E-state index in [9.17, 15) is 18.0 Å². The summed E-state index contributed by atoms with van der Waals surface area (Å²) in [6, 6.07) is 18.0. The van der Waals surface area contributed by atoms with Gasteiger partial charge in [0.05, 0.1) is 35.8 Å². The fourth-order valence-electron chi connectivity index (χ4n) is 6.04. The second-order valence-electron chi connectivity index (χ2n) is 11.6. The number of nitrogens with one attached hydrogen (secondary N) is 3. The Morgan fingerprint density at radius 3 is 2.57 bits per heavy atom. The van der Waals surface area contributed by atoms with Crippen molar-refractivity contribution in [1.82, 2.24) is 30.0 Å². The first kappa shape index (κ1) is 32.2. The minimum Gasteiger partial charge on any atom is -0.475 e. The molecule has 1 amide bonds. The van der Waals surface area contributed by atoms with Crippen LogP contribution in [0.2, 0.25) is 0 Å². The molecule has 7 rings (SSSR count). The van der Waals surface area contributed by atoms with Crippen LogP contribution in [0, 0.1) is 0 Å². The van der Waals surface area contributed by atoms with Gasteiger partial charge >= 0.3 is 12.1 Å². The fraction of sp³-hybridized carbons (Fsp3) is 0.333. The minimum absolute atomic E-state index is 0.222. The van der Waals surface area contributed by atoms with Gasteiger partial charge < -0.3 is 25.0 Å². The number of amides is 1. The van der Waals surface area contributed by atoms with Crippen molar-refractivity contribution in [2.45, 2.75) is 31.7 Å². The lowest BCUT2D eigenvalue weighted by Crippen LogP contribution is -2.46. The number of anilines is 1. The Bertz CT molecular complexity index is 1870. The van der Waals surface area contributed by atoms with Crippen molar-refractivity contribution in [3.8, 4) is 11.1 Å². The summed E-state index contributed by atoms with van der Waals surface area (Å²) in [5.41, 5.74) is 5.98. The lowest BCUT2D eigenvalue weighted by atomic mass is 9.99. The van der Waals surface area contributed by atoms with Crippen LogP contribution in [0.1, 0.15) is 29.0 Å². The molecule has 5 heterocycles. The van der Waals surface area contributed by atoms with Crippen molar-refractivity contribution in [3.05, 3.63) is 78.4 Å². The summed E-state index contributed by atoms with van der Waals surface area (Å²) in [4.78, 5) is 35.2. The van der Waals surface area contributed by atoms with Crippen molar-refractivity contribution in [1.29, 1.82) is 0 Å². The molecular weight excluding hydrogens is 615 g/mol. The van der Waals surface area contributed by atoms with Gasteiger partial charge in [-0.15, -0.1) is 0 Å². The Balaban J connectivity index is 0.000000499. The molecular formula is C33H34F3N7O4. The van der Waals surface area contributed by atoms with Gasteiger partial charge in [0, 0.05) is 48.7 Å². The largest absolute Gasteiger partial charge is 0.490 e. The molecule has 2 aliphatic heterocycles. The van der Waals surface area contributed by atoms with Crippen LogP contribution in [0.3, 0.4) is 0 Å². The molecule has 14 heteroatoms. The van der Waals surface area contributed by atoms with Gasteiger partial charge in [-0.05, 0) is 73.5 Å². The number of alkyl halides is 3. The number of nitrogens with zero attached hydrogens (tertiary/aromatic N) is 4. The first-order chi connectivity index (χ1) is 22.6. The number of halogens is 3. The number of rotatable bonds is 7. The number of hydrogen-bond donors (Lipinski definition) is 4. The zero-order chi connectivity index (χ0) is 33.0. The first-order valence-corrected chi connectivity index (χ1v) is 15.3. The molecule has 4 N–H and O–H groups in total. The molecule has 1 unspecified atom stereocenters.